The molecule has 1 aliphatic carbocycles. The van der Waals surface area contributed by atoms with Crippen molar-refractivity contribution in [3.8, 4) is 11.1 Å². The summed E-state index contributed by atoms with van der Waals surface area (Å²) in [5.41, 5.74) is 12.3. The van der Waals surface area contributed by atoms with Crippen LogP contribution < -0.4 is 9.80 Å². The molecule has 11 rings (SSSR count). The Kier molecular flexibility index (Phi) is 7.28. The number of para-hydroxylation sites is 2. The number of nitrogens with zero attached hydrogens (tertiary/aromatic N) is 2. The standard InChI is InChI=1S/C51H36N2S2/c1-51(2)42-22-11-9-19-37(42)38-29-27-36(32-43(38)51)53(35-28-30-47-41(31-35)39-20-10-12-25-46(39)54-47)45-24-13-21-40-49-44(23-14-26-48(49)55-50(40)45)52(33-15-5-3-6-16-33)34-17-7-4-8-18-34/h3-32H,1-2H3. The van der Waals surface area contributed by atoms with E-state index in [2.05, 4.69) is 206 Å². The molecule has 0 N–H and O–H groups in total. The van der Waals surface area contributed by atoms with Gasteiger partial charge in [0.1, 0.15) is 0 Å². The molecule has 0 amide bonds. The fourth-order valence-electron chi connectivity index (χ4n) is 8.87. The number of anilines is 6. The van der Waals surface area contributed by atoms with Crippen LogP contribution in [-0.4, -0.2) is 0 Å². The Morgan fingerprint density at radius 3 is 1.78 bits per heavy atom. The van der Waals surface area contributed by atoms with E-state index in [1.807, 2.05) is 22.7 Å². The van der Waals surface area contributed by atoms with Crippen molar-refractivity contribution in [2.24, 2.45) is 0 Å². The number of benzene rings is 8. The first kappa shape index (κ1) is 32.2. The number of fused-ring (bicyclic) bond motifs is 9. The Morgan fingerprint density at radius 2 is 0.964 bits per heavy atom. The van der Waals surface area contributed by atoms with Gasteiger partial charge < -0.3 is 9.80 Å². The summed E-state index contributed by atoms with van der Waals surface area (Å²) < 4.78 is 5.16. The number of hydrogen-bond acceptors (Lipinski definition) is 4. The van der Waals surface area contributed by atoms with Gasteiger partial charge in [-0.25, -0.2) is 0 Å². The second kappa shape index (κ2) is 12.4. The summed E-state index contributed by atoms with van der Waals surface area (Å²) in [5.74, 6) is 0. The zero-order valence-electron chi connectivity index (χ0n) is 30.5. The molecule has 2 aromatic heterocycles. The van der Waals surface area contributed by atoms with E-state index in [1.54, 1.807) is 0 Å². The molecule has 55 heavy (non-hydrogen) atoms. The van der Waals surface area contributed by atoms with Gasteiger partial charge in [-0.2, -0.15) is 0 Å². The predicted molar refractivity (Wildman–Crippen MR) is 239 cm³/mol. The first-order valence-electron chi connectivity index (χ1n) is 18.8. The van der Waals surface area contributed by atoms with Gasteiger partial charge in [0, 0.05) is 63.8 Å². The fraction of sp³-hybridized carbons (Fsp3) is 0.0588. The molecule has 10 aromatic rings. The molecule has 2 nitrogen and oxygen atoms in total. The zero-order chi connectivity index (χ0) is 36.7. The summed E-state index contributed by atoms with van der Waals surface area (Å²) in [6.45, 7) is 4.74. The molecule has 0 fully saturated rings. The van der Waals surface area contributed by atoms with E-state index in [0.29, 0.717) is 0 Å². The Bertz CT molecular complexity index is 3040. The summed E-state index contributed by atoms with van der Waals surface area (Å²) in [5, 5.41) is 5.12. The molecular formula is C51H36N2S2. The Hall–Kier alpha value is -6.20. The van der Waals surface area contributed by atoms with Crippen LogP contribution in [-0.2, 0) is 5.41 Å². The number of thiophene rings is 2. The van der Waals surface area contributed by atoms with Crippen molar-refractivity contribution in [3.05, 3.63) is 193 Å². The van der Waals surface area contributed by atoms with Crippen LogP contribution in [0.25, 0.3) is 51.5 Å². The molecule has 2 heterocycles. The van der Waals surface area contributed by atoms with E-state index >= 15 is 0 Å². The van der Waals surface area contributed by atoms with Crippen molar-refractivity contribution in [2.45, 2.75) is 19.3 Å². The van der Waals surface area contributed by atoms with E-state index in [4.69, 9.17) is 0 Å². The van der Waals surface area contributed by atoms with E-state index in [0.717, 1.165) is 17.1 Å². The molecule has 0 bridgehead atoms. The minimum Gasteiger partial charge on any atom is -0.310 e. The molecule has 0 spiro atoms. The van der Waals surface area contributed by atoms with Crippen LogP contribution in [0.1, 0.15) is 25.0 Å². The fourth-order valence-corrected chi connectivity index (χ4v) is 11.2. The molecule has 0 saturated carbocycles. The van der Waals surface area contributed by atoms with Crippen molar-refractivity contribution in [3.63, 3.8) is 0 Å². The molecule has 262 valence electrons. The lowest BCUT2D eigenvalue weighted by Crippen LogP contribution is -2.16. The maximum atomic E-state index is 2.51. The zero-order valence-corrected chi connectivity index (χ0v) is 32.2. The lowest BCUT2D eigenvalue weighted by atomic mass is 9.82. The highest BCUT2D eigenvalue weighted by molar-refractivity contribution is 7.26. The summed E-state index contributed by atoms with van der Waals surface area (Å²) in [6, 6.07) is 67.0. The average molecular weight is 741 g/mol. The molecule has 0 unspecified atom stereocenters. The highest BCUT2D eigenvalue weighted by Gasteiger charge is 2.36. The van der Waals surface area contributed by atoms with Gasteiger partial charge in [-0.3, -0.25) is 0 Å². The van der Waals surface area contributed by atoms with Gasteiger partial charge in [0.15, 0.2) is 0 Å². The van der Waals surface area contributed by atoms with Gasteiger partial charge in [0.25, 0.3) is 0 Å². The molecular weight excluding hydrogens is 705 g/mol. The predicted octanol–water partition coefficient (Wildman–Crippen LogP) is 15.7. The van der Waals surface area contributed by atoms with Gasteiger partial charge in [-0.1, -0.05) is 117 Å². The van der Waals surface area contributed by atoms with E-state index in [9.17, 15) is 0 Å². The second-order valence-electron chi connectivity index (χ2n) is 14.9. The second-order valence-corrected chi connectivity index (χ2v) is 17.1. The molecule has 0 aliphatic heterocycles. The molecule has 4 heteroatoms. The average Bonchev–Trinajstić information content (AvgIpc) is 3.87. The number of rotatable bonds is 6. The third kappa shape index (κ3) is 4.99. The van der Waals surface area contributed by atoms with E-state index in [1.165, 1.54) is 79.7 Å². The largest absolute Gasteiger partial charge is 0.310 e. The summed E-state index contributed by atoms with van der Waals surface area (Å²) >= 11 is 3.75. The van der Waals surface area contributed by atoms with Crippen molar-refractivity contribution < 1.29 is 0 Å². The third-order valence-corrected chi connectivity index (χ3v) is 13.8. The van der Waals surface area contributed by atoms with Gasteiger partial charge in [-0.05, 0) is 101 Å². The highest BCUT2D eigenvalue weighted by atomic mass is 32.1. The first-order chi connectivity index (χ1) is 27.0. The smallest absolute Gasteiger partial charge is 0.0640 e. The lowest BCUT2D eigenvalue weighted by molar-refractivity contribution is 0.660. The van der Waals surface area contributed by atoms with Crippen LogP contribution in [0.3, 0.4) is 0 Å². The maximum absolute atomic E-state index is 2.51. The highest BCUT2D eigenvalue weighted by Crippen LogP contribution is 2.53. The molecule has 0 atom stereocenters. The summed E-state index contributed by atoms with van der Waals surface area (Å²) in [4.78, 5) is 4.91. The maximum Gasteiger partial charge on any atom is 0.0640 e. The van der Waals surface area contributed by atoms with Crippen LogP contribution in [0.4, 0.5) is 34.1 Å². The summed E-state index contributed by atoms with van der Waals surface area (Å²) in [6.07, 6.45) is 0. The quantitative estimate of drug-likeness (QED) is 0.167. The van der Waals surface area contributed by atoms with Crippen LogP contribution >= 0.6 is 22.7 Å². The van der Waals surface area contributed by atoms with E-state index in [-0.39, 0.29) is 5.41 Å². The van der Waals surface area contributed by atoms with Crippen molar-refractivity contribution >= 4 is 97.1 Å². The van der Waals surface area contributed by atoms with Gasteiger partial charge >= 0.3 is 0 Å². The topological polar surface area (TPSA) is 6.48 Å². The lowest BCUT2D eigenvalue weighted by Gasteiger charge is -2.29. The molecule has 1 aliphatic rings. The molecule has 8 aromatic carbocycles. The third-order valence-electron chi connectivity index (χ3n) is 11.4. The van der Waals surface area contributed by atoms with Crippen molar-refractivity contribution in [1.82, 2.24) is 0 Å². The van der Waals surface area contributed by atoms with Crippen molar-refractivity contribution in [2.75, 3.05) is 9.80 Å². The van der Waals surface area contributed by atoms with Gasteiger partial charge in [0.2, 0.25) is 0 Å². The Balaban J connectivity index is 1.17. The summed E-state index contributed by atoms with van der Waals surface area (Å²) in [7, 11) is 0. The Morgan fingerprint density at radius 1 is 0.382 bits per heavy atom. The van der Waals surface area contributed by atoms with Gasteiger partial charge in [0.05, 0.1) is 16.1 Å². The molecule has 0 saturated heterocycles. The van der Waals surface area contributed by atoms with Crippen LogP contribution in [0.2, 0.25) is 0 Å². The van der Waals surface area contributed by atoms with E-state index < -0.39 is 0 Å². The van der Waals surface area contributed by atoms with Crippen LogP contribution in [0.15, 0.2) is 182 Å². The van der Waals surface area contributed by atoms with Crippen LogP contribution in [0.5, 0.6) is 0 Å². The SMILES string of the molecule is CC1(C)c2ccccc2-c2ccc(N(c3ccc4sc5ccccc5c4c3)c3cccc4c3sc3cccc(N(c5ccccc5)c5ccccc5)c34)cc21. The minimum atomic E-state index is -0.113. The van der Waals surface area contributed by atoms with Crippen molar-refractivity contribution in [1.29, 1.82) is 0 Å². The first-order valence-corrected chi connectivity index (χ1v) is 20.5. The minimum absolute atomic E-state index is 0.113. The molecule has 0 radical (unpaired) electrons. The van der Waals surface area contributed by atoms with Crippen LogP contribution in [0, 0.1) is 0 Å². The normalized spacial score (nSPS) is 13.1. The monoisotopic (exact) mass is 740 g/mol. The number of hydrogen-bond donors (Lipinski definition) is 0. The Labute approximate surface area is 328 Å². The van der Waals surface area contributed by atoms with Gasteiger partial charge in [-0.15, -0.1) is 22.7 Å².